The van der Waals surface area contributed by atoms with E-state index in [2.05, 4.69) is 15.6 Å². The smallest absolute Gasteiger partial charge is 0.356 e. The molecule has 9 nitrogen and oxygen atoms in total. The van der Waals surface area contributed by atoms with Crippen molar-refractivity contribution in [2.75, 3.05) is 31.5 Å². The quantitative estimate of drug-likeness (QED) is 0.391. The van der Waals surface area contributed by atoms with E-state index >= 15 is 0 Å². The molecule has 2 heterocycles. The minimum absolute atomic E-state index is 0.146. The monoisotopic (exact) mass is 468 g/mol. The molecule has 0 aliphatic carbocycles. The third-order valence-corrected chi connectivity index (χ3v) is 5.71. The minimum Gasteiger partial charge on any atom is -0.464 e. The molecule has 0 bridgehead atoms. The second-order valence-electron chi connectivity index (χ2n) is 8.69. The largest absolute Gasteiger partial charge is 0.464 e. The van der Waals surface area contributed by atoms with Gasteiger partial charge in [0.05, 0.1) is 49.4 Å². The Kier molecular flexibility index (Phi) is 7.90. The molecule has 1 aromatic carbocycles. The molecule has 0 saturated heterocycles. The number of carbonyl (C=O) groups excluding carboxylic acids is 2. The van der Waals surface area contributed by atoms with Crippen LogP contribution in [0.15, 0.2) is 42.6 Å². The SMILES string of the molecule is COCCn1c(C(=O)OC)c(NC(=O)Cc2ccccc2)c2cc(N[C@H](C)C(C)(C)O)cnc21. The van der Waals surface area contributed by atoms with Crippen LogP contribution in [0.5, 0.6) is 0 Å². The Morgan fingerprint density at radius 3 is 2.53 bits per heavy atom. The van der Waals surface area contributed by atoms with Crippen molar-refractivity contribution in [3.8, 4) is 0 Å². The summed E-state index contributed by atoms with van der Waals surface area (Å²) in [6.45, 7) is 5.95. The van der Waals surface area contributed by atoms with Gasteiger partial charge in [-0.15, -0.1) is 0 Å². The summed E-state index contributed by atoms with van der Waals surface area (Å²) in [4.78, 5) is 30.3. The summed E-state index contributed by atoms with van der Waals surface area (Å²) in [6.07, 6.45) is 1.78. The van der Waals surface area contributed by atoms with E-state index in [4.69, 9.17) is 9.47 Å². The molecular formula is C25H32N4O5. The number of esters is 1. The standard InChI is InChI=1S/C25H32N4O5/c1-16(25(2,3)32)27-18-14-19-21(28-20(30)13-17-9-7-6-8-10-17)22(24(31)34-5)29(11-12-33-4)23(19)26-15-18/h6-10,14-16,27,32H,11-13H2,1-5H3,(H,28,30)/t16-/m1/s1. The molecule has 2 aromatic heterocycles. The second-order valence-corrected chi connectivity index (χ2v) is 8.69. The van der Waals surface area contributed by atoms with Gasteiger partial charge in [-0.05, 0) is 32.4 Å². The van der Waals surface area contributed by atoms with Crippen molar-refractivity contribution in [1.29, 1.82) is 0 Å². The van der Waals surface area contributed by atoms with Gasteiger partial charge in [-0.25, -0.2) is 9.78 Å². The highest BCUT2D eigenvalue weighted by Crippen LogP contribution is 2.33. The van der Waals surface area contributed by atoms with Crippen molar-refractivity contribution in [3.05, 3.63) is 53.9 Å². The molecule has 0 unspecified atom stereocenters. The van der Waals surface area contributed by atoms with Gasteiger partial charge >= 0.3 is 5.97 Å². The van der Waals surface area contributed by atoms with Gasteiger partial charge in [0.2, 0.25) is 5.91 Å². The minimum atomic E-state index is -0.969. The molecule has 182 valence electrons. The van der Waals surface area contributed by atoms with Gasteiger partial charge < -0.3 is 29.8 Å². The number of methoxy groups -OCH3 is 2. The number of rotatable bonds is 10. The summed E-state index contributed by atoms with van der Waals surface area (Å²) in [5.41, 5.74) is 1.54. The van der Waals surface area contributed by atoms with Crippen LogP contribution in [0.3, 0.4) is 0 Å². The number of carbonyl (C=O) groups is 2. The van der Waals surface area contributed by atoms with Gasteiger partial charge in [0.25, 0.3) is 0 Å². The van der Waals surface area contributed by atoms with E-state index in [0.717, 1.165) is 5.56 Å². The van der Waals surface area contributed by atoms with Crippen LogP contribution >= 0.6 is 0 Å². The van der Waals surface area contributed by atoms with Crippen LogP contribution < -0.4 is 10.6 Å². The van der Waals surface area contributed by atoms with Gasteiger partial charge in [0.15, 0.2) is 5.69 Å². The van der Waals surface area contributed by atoms with Gasteiger partial charge in [0.1, 0.15) is 5.65 Å². The number of aliphatic hydroxyl groups is 1. The van der Waals surface area contributed by atoms with Gasteiger partial charge in [-0.1, -0.05) is 30.3 Å². The number of fused-ring (bicyclic) bond motifs is 1. The first kappa shape index (κ1) is 25.2. The number of anilines is 2. The molecule has 0 aliphatic heterocycles. The van der Waals surface area contributed by atoms with Crippen molar-refractivity contribution in [3.63, 3.8) is 0 Å². The number of ether oxygens (including phenoxy) is 2. The molecule has 0 radical (unpaired) electrons. The van der Waals surface area contributed by atoms with Crippen LogP contribution in [0.2, 0.25) is 0 Å². The first-order chi connectivity index (χ1) is 16.2. The average Bonchev–Trinajstić information content (AvgIpc) is 3.09. The summed E-state index contributed by atoms with van der Waals surface area (Å²) in [6, 6.07) is 10.9. The number of benzene rings is 1. The normalized spacial score (nSPS) is 12.4. The topological polar surface area (TPSA) is 115 Å². The first-order valence-electron chi connectivity index (χ1n) is 11.1. The molecule has 1 atom stereocenters. The number of pyridine rings is 1. The molecule has 0 aliphatic rings. The zero-order valence-corrected chi connectivity index (χ0v) is 20.2. The molecule has 9 heteroatoms. The highest BCUT2D eigenvalue weighted by atomic mass is 16.5. The number of nitrogens with zero attached hydrogens (tertiary/aromatic N) is 2. The Hall–Kier alpha value is -3.43. The number of hydrogen-bond donors (Lipinski definition) is 3. The average molecular weight is 469 g/mol. The van der Waals surface area contributed by atoms with Crippen molar-refractivity contribution >= 4 is 34.3 Å². The molecular weight excluding hydrogens is 436 g/mol. The molecule has 3 aromatic rings. The van der Waals surface area contributed by atoms with Gasteiger partial charge in [-0.2, -0.15) is 0 Å². The highest BCUT2D eigenvalue weighted by molar-refractivity contribution is 6.11. The van der Waals surface area contributed by atoms with Gasteiger partial charge in [-0.3, -0.25) is 4.79 Å². The van der Waals surface area contributed by atoms with E-state index in [0.29, 0.717) is 35.6 Å². The van der Waals surface area contributed by atoms with Crippen LogP contribution in [-0.4, -0.2) is 59.0 Å². The third kappa shape index (κ3) is 5.73. The lowest BCUT2D eigenvalue weighted by Crippen LogP contribution is -2.39. The lowest BCUT2D eigenvalue weighted by Gasteiger charge is -2.27. The van der Waals surface area contributed by atoms with Gasteiger partial charge in [0, 0.05) is 19.0 Å². The summed E-state index contributed by atoms with van der Waals surface area (Å²) in [5.74, 6) is -0.867. The Bertz CT molecular complexity index is 1150. The molecule has 34 heavy (non-hydrogen) atoms. The molecule has 0 spiro atoms. The van der Waals surface area contributed by atoms with E-state index in [1.54, 1.807) is 37.8 Å². The summed E-state index contributed by atoms with van der Waals surface area (Å²) >= 11 is 0. The fourth-order valence-electron chi connectivity index (χ4n) is 3.53. The zero-order valence-electron chi connectivity index (χ0n) is 20.2. The molecule has 3 rings (SSSR count). The van der Waals surface area contributed by atoms with Crippen LogP contribution in [0.25, 0.3) is 11.0 Å². The van der Waals surface area contributed by atoms with Crippen molar-refractivity contribution in [1.82, 2.24) is 9.55 Å². The number of nitrogens with one attached hydrogen (secondary N) is 2. The predicted molar refractivity (Wildman–Crippen MR) is 131 cm³/mol. The fourth-order valence-corrected chi connectivity index (χ4v) is 3.53. The molecule has 3 N–H and O–H groups in total. The van der Waals surface area contributed by atoms with E-state index in [-0.39, 0.29) is 24.1 Å². The van der Waals surface area contributed by atoms with E-state index in [9.17, 15) is 14.7 Å². The van der Waals surface area contributed by atoms with Crippen LogP contribution in [0.1, 0.15) is 36.8 Å². The van der Waals surface area contributed by atoms with Crippen molar-refractivity contribution in [2.45, 2.75) is 45.4 Å². The number of amides is 1. The maximum absolute atomic E-state index is 12.9. The summed E-state index contributed by atoms with van der Waals surface area (Å²) < 4.78 is 11.9. The zero-order chi connectivity index (χ0) is 24.9. The second kappa shape index (κ2) is 10.7. The Morgan fingerprint density at radius 1 is 1.21 bits per heavy atom. The Balaban J connectivity index is 2.09. The summed E-state index contributed by atoms with van der Waals surface area (Å²) in [7, 11) is 2.86. The maximum Gasteiger partial charge on any atom is 0.356 e. The van der Waals surface area contributed by atoms with E-state index in [1.165, 1.54) is 7.11 Å². The van der Waals surface area contributed by atoms with E-state index in [1.807, 2.05) is 37.3 Å². The van der Waals surface area contributed by atoms with Crippen LogP contribution in [0, 0.1) is 0 Å². The van der Waals surface area contributed by atoms with Crippen LogP contribution in [0.4, 0.5) is 11.4 Å². The third-order valence-electron chi connectivity index (χ3n) is 5.71. The van der Waals surface area contributed by atoms with Crippen molar-refractivity contribution < 1.29 is 24.2 Å². The number of aromatic nitrogens is 2. The summed E-state index contributed by atoms with van der Waals surface area (Å²) in [5, 5.41) is 17.0. The highest BCUT2D eigenvalue weighted by Gasteiger charge is 2.27. The van der Waals surface area contributed by atoms with E-state index < -0.39 is 11.6 Å². The Labute approximate surface area is 199 Å². The fraction of sp³-hybridized carbons (Fsp3) is 0.400. The molecule has 0 fully saturated rings. The predicted octanol–water partition coefficient (Wildman–Crippen LogP) is 3.22. The molecule has 1 amide bonds. The maximum atomic E-state index is 12.9. The number of hydrogen-bond acceptors (Lipinski definition) is 7. The Morgan fingerprint density at radius 2 is 1.91 bits per heavy atom. The lowest BCUT2D eigenvalue weighted by atomic mass is 10.0. The van der Waals surface area contributed by atoms with Crippen LogP contribution in [-0.2, 0) is 27.2 Å². The first-order valence-corrected chi connectivity index (χ1v) is 11.1. The lowest BCUT2D eigenvalue weighted by molar-refractivity contribution is -0.115. The van der Waals surface area contributed by atoms with Crippen molar-refractivity contribution in [2.24, 2.45) is 0 Å². The molecule has 0 saturated carbocycles.